The molecule has 0 aliphatic heterocycles. The van der Waals surface area contributed by atoms with Crippen molar-refractivity contribution in [1.82, 2.24) is 10.2 Å². The van der Waals surface area contributed by atoms with Gasteiger partial charge in [-0.1, -0.05) is 48.3 Å². The lowest BCUT2D eigenvalue weighted by atomic mass is 10.1. The zero-order valence-corrected chi connectivity index (χ0v) is 15.6. The number of aromatic amines is 1. The van der Waals surface area contributed by atoms with E-state index in [2.05, 4.69) is 15.5 Å². The molecule has 3 aromatic rings. The highest BCUT2D eigenvalue weighted by molar-refractivity contribution is 6.34. The van der Waals surface area contributed by atoms with Crippen LogP contribution in [0.1, 0.15) is 18.2 Å². The van der Waals surface area contributed by atoms with Crippen LogP contribution in [0.3, 0.4) is 0 Å². The van der Waals surface area contributed by atoms with Gasteiger partial charge in [-0.2, -0.15) is 0 Å². The average molecular weight is 390 g/mol. The summed E-state index contributed by atoms with van der Waals surface area (Å²) < 4.78 is 5.80. The van der Waals surface area contributed by atoms with Gasteiger partial charge in [-0.05, 0) is 36.8 Å². The number of rotatable bonds is 6. The Bertz CT molecular complexity index is 890. The first-order valence-electron chi connectivity index (χ1n) is 8.10. The third kappa shape index (κ3) is 4.56. The van der Waals surface area contributed by atoms with Gasteiger partial charge in [0.1, 0.15) is 5.75 Å². The number of benzene rings is 2. The predicted molar refractivity (Wildman–Crippen MR) is 103 cm³/mol. The number of ether oxygens (including phenoxy) is 1. The second kappa shape index (κ2) is 8.25. The second-order valence-electron chi connectivity index (χ2n) is 5.64. The number of nitrogens with one attached hydrogen (secondary N) is 2. The molecule has 0 fully saturated rings. The Balaban J connectivity index is 1.74. The highest BCUT2D eigenvalue weighted by Gasteiger charge is 2.17. The lowest BCUT2D eigenvalue weighted by Crippen LogP contribution is -2.15. The van der Waals surface area contributed by atoms with Crippen LogP contribution >= 0.6 is 23.2 Å². The minimum Gasteiger partial charge on any atom is -0.437 e. The molecule has 0 spiro atoms. The summed E-state index contributed by atoms with van der Waals surface area (Å²) in [6, 6.07) is 14.2. The number of carbonyl (C=O) groups is 1. The summed E-state index contributed by atoms with van der Waals surface area (Å²) in [4.78, 5) is 12.3. The SMILES string of the molecule is CCc1c(Oc2cc(Cl)cc(Cl)c2)n[nH]c1CC(=O)Nc1ccccc1. The molecule has 2 aromatic carbocycles. The van der Waals surface area contributed by atoms with Crippen LogP contribution in [0.25, 0.3) is 0 Å². The van der Waals surface area contributed by atoms with Gasteiger partial charge in [0.15, 0.2) is 0 Å². The summed E-state index contributed by atoms with van der Waals surface area (Å²) in [5.74, 6) is 0.768. The average Bonchev–Trinajstić information content (AvgIpc) is 2.96. The fourth-order valence-corrected chi connectivity index (χ4v) is 3.07. The minimum absolute atomic E-state index is 0.132. The molecule has 2 N–H and O–H groups in total. The van der Waals surface area contributed by atoms with Crippen LogP contribution in [0, 0.1) is 0 Å². The van der Waals surface area contributed by atoms with Gasteiger partial charge in [0.05, 0.1) is 12.1 Å². The normalized spacial score (nSPS) is 10.6. The van der Waals surface area contributed by atoms with Crippen molar-refractivity contribution < 1.29 is 9.53 Å². The van der Waals surface area contributed by atoms with Crippen molar-refractivity contribution >= 4 is 34.8 Å². The number of hydrogen-bond donors (Lipinski definition) is 2. The molecule has 7 heteroatoms. The molecule has 0 radical (unpaired) electrons. The van der Waals surface area contributed by atoms with Crippen molar-refractivity contribution in [3.05, 3.63) is 69.8 Å². The number of amides is 1. The summed E-state index contributed by atoms with van der Waals surface area (Å²) in [6.45, 7) is 1.97. The number of halogens is 2. The van der Waals surface area contributed by atoms with E-state index in [9.17, 15) is 4.79 Å². The highest BCUT2D eigenvalue weighted by Crippen LogP contribution is 2.30. The van der Waals surface area contributed by atoms with Gasteiger partial charge >= 0.3 is 0 Å². The number of nitrogens with zero attached hydrogens (tertiary/aromatic N) is 1. The Labute approximate surface area is 161 Å². The quantitative estimate of drug-likeness (QED) is 0.604. The van der Waals surface area contributed by atoms with Crippen molar-refractivity contribution in [3.63, 3.8) is 0 Å². The van der Waals surface area contributed by atoms with Crippen LogP contribution in [0.5, 0.6) is 11.6 Å². The van der Waals surface area contributed by atoms with E-state index in [-0.39, 0.29) is 12.3 Å². The number of H-pyrrole nitrogens is 1. The molecule has 0 atom stereocenters. The van der Waals surface area contributed by atoms with E-state index in [1.807, 2.05) is 37.3 Å². The maximum atomic E-state index is 12.3. The van der Waals surface area contributed by atoms with E-state index in [4.69, 9.17) is 27.9 Å². The molecule has 134 valence electrons. The monoisotopic (exact) mass is 389 g/mol. The second-order valence-corrected chi connectivity index (χ2v) is 6.51. The van der Waals surface area contributed by atoms with Crippen molar-refractivity contribution in [2.45, 2.75) is 19.8 Å². The van der Waals surface area contributed by atoms with Gasteiger partial charge in [-0.3, -0.25) is 9.89 Å². The smallest absolute Gasteiger partial charge is 0.241 e. The van der Waals surface area contributed by atoms with Crippen molar-refractivity contribution in [1.29, 1.82) is 0 Å². The molecule has 0 aliphatic rings. The Morgan fingerprint density at radius 3 is 2.50 bits per heavy atom. The molecule has 0 bridgehead atoms. The molecule has 3 rings (SSSR count). The molecule has 0 saturated carbocycles. The molecular weight excluding hydrogens is 373 g/mol. The fourth-order valence-electron chi connectivity index (χ4n) is 2.56. The van der Waals surface area contributed by atoms with Crippen LogP contribution in [-0.4, -0.2) is 16.1 Å². The van der Waals surface area contributed by atoms with Gasteiger partial charge in [0, 0.05) is 21.3 Å². The molecule has 26 heavy (non-hydrogen) atoms. The van der Waals surface area contributed by atoms with Gasteiger partial charge in [0.25, 0.3) is 0 Å². The van der Waals surface area contributed by atoms with E-state index in [1.165, 1.54) is 0 Å². The van der Waals surface area contributed by atoms with Gasteiger partial charge in [-0.15, -0.1) is 5.10 Å². The Hall–Kier alpha value is -2.50. The maximum Gasteiger partial charge on any atom is 0.241 e. The first-order chi connectivity index (χ1) is 12.5. The molecule has 0 unspecified atom stereocenters. The Morgan fingerprint density at radius 1 is 1.15 bits per heavy atom. The van der Waals surface area contributed by atoms with Crippen LogP contribution in [0.4, 0.5) is 5.69 Å². The zero-order valence-electron chi connectivity index (χ0n) is 14.1. The maximum absolute atomic E-state index is 12.3. The first-order valence-corrected chi connectivity index (χ1v) is 8.85. The van der Waals surface area contributed by atoms with Crippen molar-refractivity contribution in [3.8, 4) is 11.6 Å². The predicted octanol–water partition coefficient (Wildman–Crippen LogP) is 5.25. The molecule has 5 nitrogen and oxygen atoms in total. The highest BCUT2D eigenvalue weighted by atomic mass is 35.5. The Morgan fingerprint density at radius 2 is 1.85 bits per heavy atom. The number of anilines is 1. The molecule has 1 aromatic heterocycles. The lowest BCUT2D eigenvalue weighted by molar-refractivity contribution is -0.115. The molecule has 1 heterocycles. The van der Waals surface area contributed by atoms with E-state index in [0.717, 1.165) is 11.3 Å². The van der Waals surface area contributed by atoms with E-state index < -0.39 is 0 Å². The van der Waals surface area contributed by atoms with E-state index >= 15 is 0 Å². The van der Waals surface area contributed by atoms with Crippen LogP contribution in [-0.2, 0) is 17.6 Å². The first kappa shape index (κ1) is 18.3. The van der Waals surface area contributed by atoms with Gasteiger partial charge in [-0.25, -0.2) is 0 Å². The number of para-hydroxylation sites is 1. The molecule has 0 aliphatic carbocycles. The summed E-state index contributed by atoms with van der Waals surface area (Å²) in [5, 5.41) is 10.9. The van der Waals surface area contributed by atoms with Gasteiger partial charge in [0.2, 0.25) is 11.8 Å². The largest absolute Gasteiger partial charge is 0.437 e. The number of carbonyl (C=O) groups excluding carboxylic acids is 1. The van der Waals surface area contributed by atoms with E-state index in [0.29, 0.717) is 33.8 Å². The summed E-state index contributed by atoms with van der Waals surface area (Å²) >= 11 is 12.0. The number of aromatic nitrogens is 2. The zero-order chi connectivity index (χ0) is 18.5. The Kier molecular flexibility index (Phi) is 5.81. The summed E-state index contributed by atoms with van der Waals surface area (Å²) in [6.07, 6.45) is 0.832. The van der Waals surface area contributed by atoms with Crippen LogP contribution < -0.4 is 10.1 Å². The van der Waals surface area contributed by atoms with E-state index in [1.54, 1.807) is 18.2 Å². The molecule has 1 amide bonds. The third-order valence-corrected chi connectivity index (χ3v) is 4.15. The third-order valence-electron chi connectivity index (χ3n) is 3.71. The topological polar surface area (TPSA) is 67.0 Å². The van der Waals surface area contributed by atoms with Gasteiger partial charge < -0.3 is 10.1 Å². The summed E-state index contributed by atoms with van der Waals surface area (Å²) in [5.41, 5.74) is 2.30. The van der Waals surface area contributed by atoms with Crippen LogP contribution in [0.2, 0.25) is 10.0 Å². The summed E-state index contributed by atoms with van der Waals surface area (Å²) in [7, 11) is 0. The lowest BCUT2D eigenvalue weighted by Gasteiger charge is -2.07. The fraction of sp³-hybridized carbons (Fsp3) is 0.158. The van der Waals surface area contributed by atoms with Crippen molar-refractivity contribution in [2.75, 3.05) is 5.32 Å². The van der Waals surface area contributed by atoms with Crippen molar-refractivity contribution in [2.24, 2.45) is 0 Å². The standard InChI is InChI=1S/C19H17Cl2N3O2/c1-2-16-17(11-18(25)22-14-6-4-3-5-7-14)23-24-19(16)26-15-9-12(20)8-13(21)10-15/h3-10H,2,11H2,1H3,(H,22,25)(H,23,24). The van der Waals surface area contributed by atoms with Crippen LogP contribution in [0.15, 0.2) is 48.5 Å². The minimum atomic E-state index is -0.132. The molecular formula is C19H17Cl2N3O2. The number of hydrogen-bond acceptors (Lipinski definition) is 3. The molecule has 0 saturated heterocycles.